The molecule has 0 saturated heterocycles. The molecule has 518 valence electrons. The highest BCUT2D eigenvalue weighted by atomic mass is 31.2. The molecule has 2 unspecified atom stereocenters. The summed E-state index contributed by atoms with van der Waals surface area (Å²) in [7, 11) is -9.90. The summed E-state index contributed by atoms with van der Waals surface area (Å²) in [5, 5.41) is 10.6. The maximum Gasteiger partial charge on any atom is 0.472 e. The number of unbranched alkanes of at least 4 members (excludes halogenated alkanes) is 36. The molecule has 19 heteroatoms. The first-order valence-electron chi connectivity index (χ1n) is 35.5. The van der Waals surface area contributed by atoms with Gasteiger partial charge in [-0.2, -0.15) is 0 Å². The Bertz CT molecular complexity index is 1800. The van der Waals surface area contributed by atoms with Crippen LogP contribution in [-0.4, -0.2) is 96.7 Å². The number of hydrogen-bond acceptors (Lipinski definition) is 15. The molecule has 0 heterocycles. The Balaban J connectivity index is 5.25. The van der Waals surface area contributed by atoms with Gasteiger partial charge in [-0.3, -0.25) is 37.3 Å². The molecule has 0 aliphatic rings. The lowest BCUT2D eigenvalue weighted by molar-refractivity contribution is -0.161. The highest BCUT2D eigenvalue weighted by Crippen LogP contribution is 2.45. The lowest BCUT2D eigenvalue weighted by atomic mass is 10.0. The van der Waals surface area contributed by atoms with Gasteiger partial charge in [0, 0.05) is 25.7 Å². The van der Waals surface area contributed by atoms with Gasteiger partial charge in [-0.1, -0.05) is 277 Å². The molecule has 0 aliphatic carbocycles. The van der Waals surface area contributed by atoms with E-state index >= 15 is 0 Å². The van der Waals surface area contributed by atoms with Crippen molar-refractivity contribution in [2.45, 2.75) is 348 Å². The van der Waals surface area contributed by atoms with E-state index < -0.39 is 97.5 Å². The molecule has 3 N–H and O–H groups in total. The Kier molecular flexibility index (Phi) is 60.3. The van der Waals surface area contributed by atoms with Gasteiger partial charge >= 0.3 is 39.5 Å². The van der Waals surface area contributed by atoms with Crippen LogP contribution in [0.1, 0.15) is 330 Å². The predicted molar refractivity (Wildman–Crippen MR) is 354 cm³/mol. The molecule has 5 atom stereocenters. The molecular formula is C69H130O17P2. The molecule has 0 spiro atoms. The van der Waals surface area contributed by atoms with E-state index in [1.54, 1.807) is 0 Å². The van der Waals surface area contributed by atoms with E-state index in [9.17, 15) is 43.2 Å². The standard InChI is InChI=1S/C69H130O17P2/c1-6-9-12-15-18-20-22-24-25-26-30-35-40-45-50-55-69(74)86-65(59-80-67(72)53-48-43-38-33-31-27-28-32-37-41-46-51-62(4)5)61-84-88(77,78)82-57-63(70)56-81-87(75,76)83-60-64(58-79-66(71)52-47-42-36-17-14-11-8-3)85-68(73)54-49-44-39-34-29-23-21-19-16-13-10-7-2/h20,22,24-25,62-65,70H,6-19,21,23,26-61H2,1-5H3,(H,75,76)(H,77,78)/b22-20-,25-24-/t63-,64+,65+/m0/s1. The number of aliphatic hydroxyl groups excluding tert-OH is 1. The molecule has 0 radical (unpaired) electrons. The maximum absolute atomic E-state index is 13.0. The van der Waals surface area contributed by atoms with Crippen LogP contribution in [0.2, 0.25) is 0 Å². The minimum atomic E-state index is -4.96. The number of ether oxygens (including phenoxy) is 4. The van der Waals surface area contributed by atoms with E-state index in [0.29, 0.717) is 25.7 Å². The second kappa shape index (κ2) is 62.0. The van der Waals surface area contributed by atoms with E-state index in [1.807, 2.05) is 0 Å². The quantitative estimate of drug-likeness (QED) is 0.0169. The van der Waals surface area contributed by atoms with Crippen molar-refractivity contribution in [2.24, 2.45) is 5.92 Å². The first-order chi connectivity index (χ1) is 42.5. The van der Waals surface area contributed by atoms with Crippen LogP contribution in [0.15, 0.2) is 24.3 Å². The normalized spacial score (nSPS) is 14.3. The lowest BCUT2D eigenvalue weighted by Crippen LogP contribution is -2.30. The summed E-state index contributed by atoms with van der Waals surface area (Å²) >= 11 is 0. The highest BCUT2D eigenvalue weighted by Gasteiger charge is 2.30. The number of esters is 4. The molecular weight excluding hydrogens is 1160 g/mol. The zero-order valence-electron chi connectivity index (χ0n) is 56.3. The molecule has 0 rings (SSSR count). The minimum Gasteiger partial charge on any atom is -0.462 e. The minimum absolute atomic E-state index is 0.0850. The van der Waals surface area contributed by atoms with Crippen molar-refractivity contribution < 1.29 is 80.2 Å². The van der Waals surface area contributed by atoms with Crippen molar-refractivity contribution in [1.82, 2.24) is 0 Å². The molecule has 0 aromatic carbocycles. The number of rotatable bonds is 67. The smallest absolute Gasteiger partial charge is 0.462 e. The molecule has 0 bridgehead atoms. The van der Waals surface area contributed by atoms with Crippen LogP contribution < -0.4 is 0 Å². The third-order valence-corrected chi connectivity index (χ3v) is 17.3. The summed E-state index contributed by atoms with van der Waals surface area (Å²) in [6, 6.07) is 0. The second-order valence-electron chi connectivity index (χ2n) is 24.7. The molecule has 17 nitrogen and oxygen atoms in total. The zero-order chi connectivity index (χ0) is 64.9. The van der Waals surface area contributed by atoms with Crippen LogP contribution in [0.5, 0.6) is 0 Å². The highest BCUT2D eigenvalue weighted by molar-refractivity contribution is 7.47. The number of allylic oxidation sites excluding steroid dienone is 4. The Morgan fingerprint density at radius 1 is 0.352 bits per heavy atom. The third-order valence-electron chi connectivity index (χ3n) is 15.4. The molecule has 0 saturated carbocycles. The van der Waals surface area contributed by atoms with Crippen molar-refractivity contribution in [3.63, 3.8) is 0 Å². The second-order valence-corrected chi connectivity index (χ2v) is 27.6. The number of carbonyl (C=O) groups excluding carboxylic acids is 4. The van der Waals surface area contributed by atoms with Crippen LogP contribution in [0, 0.1) is 5.92 Å². The summed E-state index contributed by atoms with van der Waals surface area (Å²) in [6.45, 7) is 7.13. The van der Waals surface area contributed by atoms with Crippen LogP contribution in [0.25, 0.3) is 0 Å². The molecule has 0 amide bonds. The van der Waals surface area contributed by atoms with Gasteiger partial charge in [0.15, 0.2) is 12.2 Å². The number of aliphatic hydroxyl groups is 1. The van der Waals surface area contributed by atoms with Crippen molar-refractivity contribution in [3.05, 3.63) is 24.3 Å². The van der Waals surface area contributed by atoms with Crippen LogP contribution >= 0.6 is 15.6 Å². The fourth-order valence-electron chi connectivity index (χ4n) is 9.93. The van der Waals surface area contributed by atoms with Crippen molar-refractivity contribution in [2.75, 3.05) is 39.6 Å². The third kappa shape index (κ3) is 62.4. The topological polar surface area (TPSA) is 237 Å². The van der Waals surface area contributed by atoms with E-state index in [-0.39, 0.29) is 25.7 Å². The first kappa shape index (κ1) is 85.5. The van der Waals surface area contributed by atoms with Crippen molar-refractivity contribution in [1.29, 1.82) is 0 Å². The number of phosphoric acid groups is 2. The Labute approximate surface area is 535 Å². The van der Waals surface area contributed by atoms with E-state index in [1.165, 1.54) is 128 Å². The monoisotopic (exact) mass is 1290 g/mol. The summed E-state index contributed by atoms with van der Waals surface area (Å²) < 4.78 is 68.1. The van der Waals surface area contributed by atoms with Gasteiger partial charge in [0.2, 0.25) is 0 Å². The summed E-state index contributed by atoms with van der Waals surface area (Å²) in [4.78, 5) is 72.3. The SMILES string of the molecule is CCCCCC/C=C\C=C/CCCCCCCC(=O)O[C@H](COC(=O)CCCCCCCCCCCCCC(C)C)COP(=O)(O)OC[C@@H](O)COP(=O)(O)OC[C@@H](COC(=O)CCCCCCCCC)OC(=O)CCCCCCCCCCCCCC. The van der Waals surface area contributed by atoms with Crippen LogP contribution in [0.3, 0.4) is 0 Å². The van der Waals surface area contributed by atoms with Crippen molar-refractivity contribution >= 4 is 39.5 Å². The fraction of sp³-hybridized carbons (Fsp3) is 0.884. The Morgan fingerprint density at radius 2 is 0.614 bits per heavy atom. The van der Waals surface area contributed by atoms with Crippen LogP contribution in [0.4, 0.5) is 0 Å². The van der Waals surface area contributed by atoms with Gasteiger partial charge in [-0.05, 0) is 57.3 Å². The van der Waals surface area contributed by atoms with E-state index in [0.717, 1.165) is 121 Å². The predicted octanol–water partition coefficient (Wildman–Crippen LogP) is 19.3. The van der Waals surface area contributed by atoms with Crippen LogP contribution in [-0.2, 0) is 65.4 Å². The Morgan fingerprint density at radius 3 is 0.932 bits per heavy atom. The average Bonchev–Trinajstić information content (AvgIpc) is 3.61. The number of phosphoric ester groups is 2. The van der Waals surface area contributed by atoms with E-state index in [2.05, 4.69) is 58.9 Å². The van der Waals surface area contributed by atoms with Gasteiger partial charge in [-0.15, -0.1) is 0 Å². The zero-order valence-corrected chi connectivity index (χ0v) is 58.1. The average molecular weight is 1290 g/mol. The summed E-state index contributed by atoms with van der Waals surface area (Å²) in [5.41, 5.74) is 0. The molecule has 0 fully saturated rings. The largest absolute Gasteiger partial charge is 0.472 e. The van der Waals surface area contributed by atoms with Gasteiger partial charge in [0.05, 0.1) is 26.4 Å². The molecule has 0 aromatic heterocycles. The molecule has 0 aromatic rings. The first-order valence-corrected chi connectivity index (χ1v) is 38.4. The van der Waals surface area contributed by atoms with Gasteiger partial charge in [0.1, 0.15) is 19.3 Å². The Hall–Kier alpha value is -2.46. The van der Waals surface area contributed by atoms with Gasteiger partial charge in [0.25, 0.3) is 0 Å². The summed E-state index contributed by atoms with van der Waals surface area (Å²) in [5.74, 6) is -1.39. The van der Waals surface area contributed by atoms with E-state index in [4.69, 9.17) is 37.0 Å². The van der Waals surface area contributed by atoms with Gasteiger partial charge in [-0.25, -0.2) is 9.13 Å². The maximum atomic E-state index is 13.0. The number of carbonyl (C=O) groups is 4. The summed E-state index contributed by atoms with van der Waals surface area (Å²) in [6.07, 6.45) is 50.8. The van der Waals surface area contributed by atoms with Crippen molar-refractivity contribution in [3.8, 4) is 0 Å². The molecule has 88 heavy (non-hydrogen) atoms. The fourth-order valence-corrected chi connectivity index (χ4v) is 11.5. The van der Waals surface area contributed by atoms with Gasteiger partial charge < -0.3 is 33.8 Å². The molecule has 0 aliphatic heterocycles. The lowest BCUT2D eigenvalue weighted by Gasteiger charge is -2.21. The number of hydrogen-bond donors (Lipinski definition) is 3.